The Morgan fingerprint density at radius 1 is 1.02 bits per heavy atom. The number of rotatable bonds is 6. The van der Waals surface area contributed by atoms with E-state index in [0.717, 1.165) is 33.1 Å². The Bertz CT molecular complexity index is 1910. The van der Waals surface area contributed by atoms with Crippen LogP contribution in [0.15, 0.2) is 99.6 Å². The van der Waals surface area contributed by atoms with E-state index < -0.39 is 12.0 Å². The molecule has 200 valence electrons. The van der Waals surface area contributed by atoms with Crippen molar-refractivity contribution in [2.24, 2.45) is 4.99 Å². The lowest BCUT2D eigenvalue weighted by molar-refractivity contribution is -0.138. The molecular formula is C32H27N3O3S2. The minimum absolute atomic E-state index is 0.180. The summed E-state index contributed by atoms with van der Waals surface area (Å²) < 4.78 is 9.91. The third-order valence-electron chi connectivity index (χ3n) is 6.96. The molecule has 8 heteroatoms. The molecular weight excluding hydrogens is 539 g/mol. The van der Waals surface area contributed by atoms with Crippen LogP contribution in [0.5, 0.6) is 0 Å². The number of para-hydroxylation sites is 1. The number of ether oxygens (including phenoxy) is 1. The van der Waals surface area contributed by atoms with Gasteiger partial charge >= 0.3 is 5.97 Å². The molecule has 0 radical (unpaired) electrons. The first-order valence-corrected chi connectivity index (χ1v) is 14.7. The van der Waals surface area contributed by atoms with Crippen LogP contribution in [0, 0.1) is 13.8 Å². The van der Waals surface area contributed by atoms with E-state index in [0.29, 0.717) is 20.6 Å². The predicted octanol–water partition coefficient (Wildman–Crippen LogP) is 5.40. The van der Waals surface area contributed by atoms with E-state index in [4.69, 9.17) is 9.73 Å². The summed E-state index contributed by atoms with van der Waals surface area (Å²) in [5.41, 5.74) is 5.69. The van der Waals surface area contributed by atoms with Gasteiger partial charge in [-0.05, 0) is 62.1 Å². The van der Waals surface area contributed by atoms with Crippen LogP contribution in [-0.2, 0) is 9.53 Å². The van der Waals surface area contributed by atoms with E-state index in [2.05, 4.69) is 36.6 Å². The van der Waals surface area contributed by atoms with Crippen LogP contribution in [0.3, 0.4) is 0 Å². The second kappa shape index (κ2) is 10.7. The van der Waals surface area contributed by atoms with Gasteiger partial charge in [-0.1, -0.05) is 65.9 Å². The third-order valence-corrected chi connectivity index (χ3v) is 8.87. The summed E-state index contributed by atoms with van der Waals surface area (Å²) in [6.45, 7) is 6.13. The molecule has 0 unspecified atom stereocenters. The van der Waals surface area contributed by atoms with E-state index >= 15 is 0 Å². The average Bonchev–Trinajstić information content (AvgIpc) is 3.68. The first-order valence-electron chi connectivity index (χ1n) is 13.0. The predicted molar refractivity (Wildman–Crippen MR) is 161 cm³/mol. The fraction of sp³-hybridized carbons (Fsp3) is 0.156. The SMILES string of the molecule is CCOC(=O)C1=C(c2ccccc2)N=c2s/c(=C\c3cc(C)n(-c4ccccc4)c3C)c(=O)n2[C@@H]1c1cccs1. The van der Waals surface area contributed by atoms with E-state index in [1.807, 2.05) is 72.1 Å². The van der Waals surface area contributed by atoms with E-state index in [9.17, 15) is 9.59 Å². The topological polar surface area (TPSA) is 65.6 Å². The van der Waals surface area contributed by atoms with Gasteiger partial charge in [0.1, 0.15) is 6.04 Å². The number of aryl methyl sites for hydroxylation is 1. The molecule has 1 aliphatic heterocycles. The molecule has 2 aromatic carbocycles. The van der Waals surface area contributed by atoms with Crippen LogP contribution in [-0.4, -0.2) is 21.7 Å². The van der Waals surface area contributed by atoms with Gasteiger partial charge in [0.15, 0.2) is 4.80 Å². The highest BCUT2D eigenvalue weighted by Crippen LogP contribution is 2.36. The van der Waals surface area contributed by atoms with Gasteiger partial charge in [-0.3, -0.25) is 9.36 Å². The summed E-state index contributed by atoms with van der Waals surface area (Å²) >= 11 is 2.84. The molecule has 1 atom stereocenters. The minimum atomic E-state index is -0.635. The number of nitrogens with zero attached hydrogens (tertiary/aromatic N) is 3. The van der Waals surface area contributed by atoms with Crippen molar-refractivity contribution in [2.75, 3.05) is 6.61 Å². The molecule has 0 saturated carbocycles. The molecule has 0 fully saturated rings. The first kappa shape index (κ1) is 26.0. The molecule has 0 bridgehead atoms. The lowest BCUT2D eigenvalue weighted by atomic mass is 9.97. The van der Waals surface area contributed by atoms with Crippen molar-refractivity contribution in [2.45, 2.75) is 26.8 Å². The number of carbonyl (C=O) groups excluding carboxylic acids is 1. The van der Waals surface area contributed by atoms with Crippen molar-refractivity contribution in [1.29, 1.82) is 0 Å². The smallest absolute Gasteiger partial charge is 0.338 e. The Morgan fingerprint density at radius 2 is 1.75 bits per heavy atom. The van der Waals surface area contributed by atoms with Crippen LogP contribution >= 0.6 is 22.7 Å². The Kier molecular flexibility index (Phi) is 6.96. The maximum Gasteiger partial charge on any atom is 0.338 e. The summed E-state index contributed by atoms with van der Waals surface area (Å²) in [5, 5.41) is 1.95. The van der Waals surface area contributed by atoms with E-state index in [1.165, 1.54) is 22.7 Å². The van der Waals surface area contributed by atoms with Crippen LogP contribution < -0.4 is 14.9 Å². The summed E-state index contributed by atoms with van der Waals surface area (Å²) in [6, 6.07) is 25.1. The summed E-state index contributed by atoms with van der Waals surface area (Å²) in [6.07, 6.45) is 1.94. The van der Waals surface area contributed by atoms with Crippen molar-refractivity contribution < 1.29 is 9.53 Å². The molecule has 0 amide bonds. The zero-order valence-electron chi connectivity index (χ0n) is 22.3. The number of fused-ring (bicyclic) bond motifs is 1. The van der Waals surface area contributed by atoms with Gasteiger partial charge < -0.3 is 9.30 Å². The minimum Gasteiger partial charge on any atom is -0.463 e. The number of thiophene rings is 1. The standard InChI is InChI=1S/C32H27N3O3S2/c1-4-38-31(37)27-28(22-12-7-5-8-13-22)33-32-35(29(27)25-16-11-17-39-25)30(36)26(40-32)19-23-18-20(2)34(21(23)3)24-14-9-6-10-15-24/h5-19,29H,4H2,1-3H3/b26-19-/t29-/m1/s1. The van der Waals surface area contributed by atoms with Gasteiger partial charge in [-0.25, -0.2) is 9.79 Å². The van der Waals surface area contributed by atoms with E-state index in [-0.39, 0.29) is 12.2 Å². The highest BCUT2D eigenvalue weighted by atomic mass is 32.1. The number of hydrogen-bond acceptors (Lipinski definition) is 6. The van der Waals surface area contributed by atoms with Crippen molar-refractivity contribution in [1.82, 2.24) is 9.13 Å². The lowest BCUT2D eigenvalue weighted by Crippen LogP contribution is -2.39. The number of hydrogen-bond donors (Lipinski definition) is 0. The van der Waals surface area contributed by atoms with Crippen LogP contribution in [0.4, 0.5) is 0 Å². The summed E-state index contributed by atoms with van der Waals surface area (Å²) in [4.78, 5) is 33.9. The Hall–Kier alpha value is -4.27. The summed E-state index contributed by atoms with van der Waals surface area (Å²) in [7, 11) is 0. The van der Waals surface area contributed by atoms with Crippen molar-refractivity contribution in [3.05, 3.63) is 137 Å². The second-order valence-electron chi connectivity index (χ2n) is 9.44. The molecule has 1 aliphatic rings. The Labute approximate surface area is 239 Å². The number of thiazole rings is 1. The van der Waals surface area contributed by atoms with Crippen LogP contribution in [0.1, 0.15) is 40.4 Å². The lowest BCUT2D eigenvalue weighted by Gasteiger charge is -2.24. The fourth-order valence-electron chi connectivity index (χ4n) is 5.21. The molecule has 6 nitrogen and oxygen atoms in total. The first-order chi connectivity index (χ1) is 19.5. The highest BCUT2D eigenvalue weighted by molar-refractivity contribution is 7.10. The second-order valence-corrected chi connectivity index (χ2v) is 11.4. The fourth-order valence-corrected chi connectivity index (χ4v) is 7.02. The number of benzene rings is 2. The highest BCUT2D eigenvalue weighted by Gasteiger charge is 2.35. The molecule has 0 spiro atoms. The largest absolute Gasteiger partial charge is 0.463 e. The zero-order chi connectivity index (χ0) is 27.8. The molecule has 0 N–H and O–H groups in total. The zero-order valence-corrected chi connectivity index (χ0v) is 24.0. The molecule has 4 heterocycles. The monoisotopic (exact) mass is 565 g/mol. The van der Waals surface area contributed by atoms with Crippen molar-refractivity contribution >= 4 is 40.4 Å². The Morgan fingerprint density at radius 3 is 2.42 bits per heavy atom. The number of aromatic nitrogens is 2. The van der Waals surface area contributed by atoms with Gasteiger partial charge in [-0.15, -0.1) is 11.3 Å². The van der Waals surface area contributed by atoms with Gasteiger partial charge in [0.2, 0.25) is 0 Å². The van der Waals surface area contributed by atoms with Gasteiger partial charge in [0.25, 0.3) is 5.56 Å². The molecule has 0 aliphatic carbocycles. The van der Waals surface area contributed by atoms with Crippen molar-refractivity contribution in [3.63, 3.8) is 0 Å². The number of carbonyl (C=O) groups is 1. The molecule has 40 heavy (non-hydrogen) atoms. The van der Waals surface area contributed by atoms with E-state index in [1.54, 1.807) is 11.5 Å². The Balaban J connectivity index is 1.59. The molecule has 5 aromatic rings. The quantitative estimate of drug-likeness (QED) is 0.259. The maximum atomic E-state index is 14.1. The van der Waals surface area contributed by atoms with Gasteiger partial charge in [0.05, 0.1) is 22.4 Å². The van der Waals surface area contributed by atoms with Crippen molar-refractivity contribution in [3.8, 4) is 5.69 Å². The van der Waals surface area contributed by atoms with Gasteiger partial charge in [0, 0.05) is 27.5 Å². The molecule has 3 aromatic heterocycles. The van der Waals surface area contributed by atoms with Crippen LogP contribution in [0.25, 0.3) is 17.5 Å². The number of esters is 1. The third kappa shape index (κ3) is 4.49. The van der Waals surface area contributed by atoms with Gasteiger partial charge in [-0.2, -0.15) is 0 Å². The van der Waals surface area contributed by atoms with Crippen LogP contribution in [0.2, 0.25) is 0 Å². The average molecular weight is 566 g/mol. The molecule has 0 saturated heterocycles. The maximum absolute atomic E-state index is 14.1. The normalized spacial score (nSPS) is 15.2. The summed E-state index contributed by atoms with van der Waals surface area (Å²) in [5.74, 6) is -0.468. The molecule has 6 rings (SSSR count).